The third kappa shape index (κ3) is 3.09. The smallest absolute Gasteiger partial charge is 0.411 e. The molecular formula is C10H10N2O4. The van der Waals surface area contributed by atoms with Crippen LogP contribution in [0.1, 0.15) is 0 Å². The first-order valence-electron chi connectivity index (χ1n) is 4.39. The molecule has 0 spiro atoms. The minimum atomic E-state index is -0.992. The number of anilines is 1. The van der Waals surface area contributed by atoms with Crippen molar-refractivity contribution in [2.45, 2.75) is 0 Å². The van der Waals surface area contributed by atoms with Crippen LogP contribution in [-0.4, -0.2) is 18.0 Å². The van der Waals surface area contributed by atoms with Crippen LogP contribution in [0.3, 0.4) is 0 Å². The summed E-state index contributed by atoms with van der Waals surface area (Å²) in [6, 6.07) is 8.76. The standard InChI is InChI=1S/C10H10N2O4/c1-16-10(13)9(12(14)15)7-11-8-5-3-2-4-6-8/h2-7,11H,1H3/b9-7+. The van der Waals surface area contributed by atoms with E-state index in [9.17, 15) is 14.9 Å². The number of ether oxygens (including phenoxy) is 1. The van der Waals surface area contributed by atoms with Crippen LogP contribution < -0.4 is 5.32 Å². The predicted octanol–water partition coefficient (Wildman–Crippen LogP) is 1.39. The monoisotopic (exact) mass is 222 g/mol. The van der Waals surface area contributed by atoms with Crippen LogP contribution in [0, 0.1) is 10.1 Å². The molecule has 0 heterocycles. The normalized spacial score (nSPS) is 10.7. The Balaban J connectivity index is 2.81. The third-order valence-electron chi connectivity index (χ3n) is 1.74. The molecular weight excluding hydrogens is 212 g/mol. The minimum absolute atomic E-state index is 0.644. The molecule has 0 aliphatic carbocycles. The lowest BCUT2D eigenvalue weighted by Crippen LogP contribution is -2.14. The minimum Gasteiger partial charge on any atom is -0.461 e. The highest BCUT2D eigenvalue weighted by Crippen LogP contribution is 2.06. The molecule has 1 rings (SSSR count). The lowest BCUT2D eigenvalue weighted by atomic mass is 10.3. The molecule has 0 radical (unpaired) electrons. The summed E-state index contributed by atoms with van der Waals surface area (Å²) in [4.78, 5) is 20.7. The molecule has 0 saturated heterocycles. The second-order valence-corrected chi connectivity index (χ2v) is 2.79. The molecule has 84 valence electrons. The van der Waals surface area contributed by atoms with E-state index in [2.05, 4.69) is 10.1 Å². The maximum Gasteiger partial charge on any atom is 0.411 e. The largest absolute Gasteiger partial charge is 0.461 e. The van der Waals surface area contributed by atoms with E-state index in [0.29, 0.717) is 5.69 Å². The molecule has 1 aromatic carbocycles. The van der Waals surface area contributed by atoms with Crippen LogP contribution >= 0.6 is 0 Å². The van der Waals surface area contributed by atoms with Gasteiger partial charge in [0.05, 0.1) is 18.2 Å². The summed E-state index contributed by atoms with van der Waals surface area (Å²) in [5.74, 6) is -0.992. The summed E-state index contributed by atoms with van der Waals surface area (Å²) in [7, 11) is 1.09. The van der Waals surface area contributed by atoms with Crippen LogP contribution in [0.15, 0.2) is 42.2 Å². The first-order valence-corrected chi connectivity index (χ1v) is 4.39. The van der Waals surface area contributed by atoms with Gasteiger partial charge in [0.2, 0.25) is 0 Å². The Morgan fingerprint density at radius 1 is 1.44 bits per heavy atom. The number of nitro groups is 1. The number of hydrogen-bond acceptors (Lipinski definition) is 5. The number of carbonyl (C=O) groups excluding carboxylic acids is 1. The van der Waals surface area contributed by atoms with Crippen LogP contribution in [0.4, 0.5) is 5.69 Å². The van der Waals surface area contributed by atoms with Gasteiger partial charge >= 0.3 is 11.7 Å². The van der Waals surface area contributed by atoms with E-state index in [1.807, 2.05) is 6.07 Å². The van der Waals surface area contributed by atoms with E-state index >= 15 is 0 Å². The van der Waals surface area contributed by atoms with Gasteiger partial charge in [-0.05, 0) is 12.1 Å². The fraction of sp³-hybridized carbons (Fsp3) is 0.100. The summed E-state index contributed by atoms with van der Waals surface area (Å²) < 4.78 is 4.27. The maximum absolute atomic E-state index is 11.0. The summed E-state index contributed by atoms with van der Waals surface area (Å²) >= 11 is 0. The van der Waals surface area contributed by atoms with E-state index in [-0.39, 0.29) is 0 Å². The molecule has 0 bridgehead atoms. The third-order valence-corrected chi connectivity index (χ3v) is 1.74. The first kappa shape index (κ1) is 11.7. The van der Waals surface area contributed by atoms with Crippen molar-refractivity contribution in [2.24, 2.45) is 0 Å². The molecule has 0 aliphatic heterocycles. The van der Waals surface area contributed by atoms with E-state index in [4.69, 9.17) is 0 Å². The molecule has 0 aromatic heterocycles. The fourth-order valence-electron chi connectivity index (χ4n) is 0.977. The van der Waals surface area contributed by atoms with Gasteiger partial charge < -0.3 is 10.1 Å². The van der Waals surface area contributed by atoms with Crippen molar-refractivity contribution in [3.63, 3.8) is 0 Å². The Morgan fingerprint density at radius 3 is 2.56 bits per heavy atom. The number of para-hydroxylation sites is 1. The predicted molar refractivity (Wildman–Crippen MR) is 57.2 cm³/mol. The highest BCUT2D eigenvalue weighted by atomic mass is 16.6. The highest BCUT2D eigenvalue weighted by Gasteiger charge is 2.22. The second-order valence-electron chi connectivity index (χ2n) is 2.79. The van der Waals surface area contributed by atoms with Crippen molar-refractivity contribution in [1.82, 2.24) is 0 Å². The Bertz CT molecular complexity index is 414. The van der Waals surface area contributed by atoms with Crippen molar-refractivity contribution >= 4 is 11.7 Å². The van der Waals surface area contributed by atoms with Gasteiger partial charge in [-0.1, -0.05) is 18.2 Å². The van der Waals surface area contributed by atoms with Crippen LogP contribution in [0.5, 0.6) is 0 Å². The molecule has 0 unspecified atom stereocenters. The zero-order chi connectivity index (χ0) is 12.0. The molecule has 6 heteroatoms. The Morgan fingerprint density at radius 2 is 2.06 bits per heavy atom. The summed E-state index contributed by atoms with van der Waals surface area (Å²) in [5.41, 5.74) is -0.00268. The number of hydrogen-bond donors (Lipinski definition) is 1. The Kier molecular flexibility index (Phi) is 4.02. The van der Waals surface area contributed by atoms with E-state index < -0.39 is 16.6 Å². The Hall–Kier alpha value is -2.37. The van der Waals surface area contributed by atoms with Gasteiger partial charge in [0.25, 0.3) is 0 Å². The second kappa shape index (κ2) is 5.50. The summed E-state index contributed by atoms with van der Waals surface area (Å²) in [6.07, 6.45) is 1.00. The molecule has 0 saturated carbocycles. The van der Waals surface area contributed by atoms with Crippen molar-refractivity contribution in [2.75, 3.05) is 12.4 Å². The van der Waals surface area contributed by atoms with Crippen molar-refractivity contribution < 1.29 is 14.5 Å². The summed E-state index contributed by atoms with van der Waals surface area (Å²) in [5, 5.41) is 13.2. The number of nitrogens with zero attached hydrogens (tertiary/aromatic N) is 1. The lowest BCUT2D eigenvalue weighted by molar-refractivity contribution is -0.421. The molecule has 0 atom stereocenters. The number of methoxy groups -OCH3 is 1. The van der Waals surface area contributed by atoms with Crippen molar-refractivity contribution in [1.29, 1.82) is 0 Å². The Labute approximate surface area is 91.7 Å². The lowest BCUT2D eigenvalue weighted by Gasteiger charge is -2.00. The van der Waals surface area contributed by atoms with Gasteiger partial charge in [0, 0.05) is 5.69 Å². The number of benzene rings is 1. The quantitative estimate of drug-likeness (QED) is 0.360. The number of rotatable bonds is 4. The first-order chi connectivity index (χ1) is 7.65. The molecule has 0 aliphatic rings. The van der Waals surface area contributed by atoms with Crippen molar-refractivity contribution in [3.8, 4) is 0 Å². The molecule has 6 nitrogen and oxygen atoms in total. The van der Waals surface area contributed by atoms with E-state index in [1.165, 1.54) is 0 Å². The number of nitrogens with one attached hydrogen (secondary N) is 1. The SMILES string of the molecule is COC(=O)/C(=C\Nc1ccccc1)[N+](=O)[O-]. The fourth-order valence-corrected chi connectivity index (χ4v) is 0.977. The molecule has 0 fully saturated rings. The van der Waals surface area contributed by atoms with Gasteiger partial charge in [-0.2, -0.15) is 0 Å². The molecule has 1 N–H and O–H groups in total. The highest BCUT2D eigenvalue weighted by molar-refractivity contribution is 5.86. The summed E-state index contributed by atoms with van der Waals surface area (Å²) in [6.45, 7) is 0. The van der Waals surface area contributed by atoms with Crippen LogP contribution in [0.2, 0.25) is 0 Å². The maximum atomic E-state index is 11.0. The van der Waals surface area contributed by atoms with Gasteiger partial charge in [-0.3, -0.25) is 10.1 Å². The van der Waals surface area contributed by atoms with Gasteiger partial charge in [-0.15, -0.1) is 0 Å². The van der Waals surface area contributed by atoms with Crippen molar-refractivity contribution in [3.05, 3.63) is 52.3 Å². The average Bonchev–Trinajstić information content (AvgIpc) is 2.30. The molecule has 1 aromatic rings. The number of carbonyl (C=O) groups is 1. The van der Waals surface area contributed by atoms with Crippen LogP contribution in [-0.2, 0) is 9.53 Å². The zero-order valence-corrected chi connectivity index (χ0v) is 8.54. The molecule has 0 amide bonds. The van der Waals surface area contributed by atoms with Gasteiger partial charge in [-0.25, -0.2) is 4.79 Å². The van der Waals surface area contributed by atoms with Gasteiger partial charge in [0.15, 0.2) is 0 Å². The van der Waals surface area contributed by atoms with Gasteiger partial charge in [0.1, 0.15) is 0 Å². The number of esters is 1. The zero-order valence-electron chi connectivity index (χ0n) is 8.54. The van der Waals surface area contributed by atoms with Crippen LogP contribution in [0.25, 0.3) is 0 Å². The van der Waals surface area contributed by atoms with E-state index in [0.717, 1.165) is 13.3 Å². The average molecular weight is 222 g/mol. The van der Waals surface area contributed by atoms with E-state index in [1.54, 1.807) is 24.3 Å². The topological polar surface area (TPSA) is 81.5 Å². The molecule has 16 heavy (non-hydrogen) atoms.